The van der Waals surface area contributed by atoms with Gasteiger partial charge in [0.25, 0.3) is 0 Å². The van der Waals surface area contributed by atoms with Gasteiger partial charge in [0, 0.05) is 5.30 Å². The van der Waals surface area contributed by atoms with Gasteiger partial charge in [0.05, 0.1) is 0 Å². The zero-order valence-electron chi connectivity index (χ0n) is 10.1. The maximum atomic E-state index is 10.6. The molecule has 0 amide bonds. The molecule has 1 atom stereocenters. The number of aryl methyl sites for hydroxylation is 2. The maximum Gasteiger partial charge on any atom is 0.218 e. The van der Waals surface area contributed by atoms with Crippen LogP contribution in [0.5, 0.6) is 0 Å². The van der Waals surface area contributed by atoms with Crippen molar-refractivity contribution in [2.24, 2.45) is 0 Å². The average molecular weight is 248 g/mol. The molecular weight excluding hydrogens is 231 g/mol. The van der Waals surface area contributed by atoms with E-state index in [9.17, 15) is 4.57 Å². The van der Waals surface area contributed by atoms with E-state index in [2.05, 4.69) is 19.1 Å². The summed E-state index contributed by atoms with van der Waals surface area (Å²) in [4.78, 5) is 8.75. The molecule has 2 aromatic rings. The summed E-state index contributed by atoms with van der Waals surface area (Å²) in [6, 6.07) is 17.4. The molecule has 0 radical (unpaired) electrons. The monoisotopic (exact) mass is 248 g/mol. The predicted molar refractivity (Wildman–Crippen MR) is 73.2 cm³/mol. The maximum absolute atomic E-state index is 10.6. The van der Waals surface area contributed by atoms with Crippen LogP contribution in [0.25, 0.3) is 0 Å². The van der Waals surface area contributed by atoms with Crippen LogP contribution in [-0.4, -0.2) is 4.89 Å². The van der Waals surface area contributed by atoms with E-state index < -0.39 is 8.03 Å². The Morgan fingerprint density at radius 1 is 0.882 bits per heavy atom. The van der Waals surface area contributed by atoms with Gasteiger partial charge in [-0.3, -0.25) is 4.57 Å². The lowest BCUT2D eigenvalue weighted by Crippen LogP contribution is -1.99. The van der Waals surface area contributed by atoms with Crippen LogP contribution in [0.4, 0.5) is 0 Å². The van der Waals surface area contributed by atoms with Crippen LogP contribution in [0.1, 0.15) is 11.1 Å². The summed E-state index contributed by atoms with van der Waals surface area (Å²) in [7, 11) is -2.49. The number of hydrogen-bond acceptors (Lipinski definition) is 1. The zero-order chi connectivity index (χ0) is 12.7. The highest BCUT2D eigenvalue weighted by Gasteiger charge is 1.99. The van der Waals surface area contributed by atoms with E-state index in [1.54, 1.807) is 12.1 Å². The van der Waals surface area contributed by atoms with Gasteiger partial charge in [-0.1, -0.05) is 54.1 Å². The van der Waals surface area contributed by atoms with Crippen molar-refractivity contribution in [2.45, 2.75) is 13.8 Å². The van der Waals surface area contributed by atoms with Crippen molar-refractivity contribution < 1.29 is 9.46 Å². The summed E-state index contributed by atoms with van der Waals surface area (Å²) in [5.74, 6) is 0. The lowest BCUT2D eigenvalue weighted by molar-refractivity contribution is 0.513. The first-order valence-electron chi connectivity index (χ1n) is 5.42. The lowest BCUT2D eigenvalue weighted by Gasteiger charge is -1.97. The third kappa shape index (κ3) is 4.99. The molecule has 0 bridgehead atoms. The molecule has 0 heterocycles. The van der Waals surface area contributed by atoms with Gasteiger partial charge in [-0.15, -0.1) is 0 Å². The smallest absolute Gasteiger partial charge is 0.218 e. The third-order valence-electron chi connectivity index (χ3n) is 2.32. The first-order chi connectivity index (χ1) is 8.11. The van der Waals surface area contributed by atoms with Crippen molar-refractivity contribution in [3.05, 3.63) is 65.7 Å². The van der Waals surface area contributed by atoms with E-state index >= 15 is 0 Å². The van der Waals surface area contributed by atoms with Crippen molar-refractivity contribution in [2.75, 3.05) is 0 Å². The highest BCUT2D eigenvalue weighted by atomic mass is 31.1. The Bertz CT molecular complexity index is 481. The fraction of sp³-hybridized carbons (Fsp3) is 0.143. The summed E-state index contributed by atoms with van der Waals surface area (Å²) in [6.45, 7) is 3.91. The van der Waals surface area contributed by atoms with Crippen LogP contribution in [-0.2, 0) is 4.57 Å². The quantitative estimate of drug-likeness (QED) is 0.787. The molecule has 2 aromatic carbocycles. The van der Waals surface area contributed by atoms with Crippen molar-refractivity contribution in [1.82, 2.24) is 0 Å². The van der Waals surface area contributed by atoms with Crippen LogP contribution >= 0.6 is 8.03 Å². The Morgan fingerprint density at radius 2 is 1.41 bits per heavy atom. The van der Waals surface area contributed by atoms with Gasteiger partial charge in [-0.05, 0) is 25.5 Å². The van der Waals surface area contributed by atoms with Crippen LogP contribution < -0.4 is 5.30 Å². The largest absolute Gasteiger partial charge is 0.343 e. The van der Waals surface area contributed by atoms with Crippen molar-refractivity contribution in [3.63, 3.8) is 0 Å². The fourth-order valence-corrected chi connectivity index (χ4v) is 2.01. The molecule has 0 aromatic heterocycles. The van der Waals surface area contributed by atoms with Crippen molar-refractivity contribution in [3.8, 4) is 0 Å². The number of hydrogen-bond donors (Lipinski definition) is 1. The highest BCUT2D eigenvalue weighted by Crippen LogP contribution is 2.14. The molecule has 1 unspecified atom stereocenters. The number of benzene rings is 2. The van der Waals surface area contributed by atoms with Crippen LogP contribution in [0.2, 0.25) is 0 Å². The van der Waals surface area contributed by atoms with E-state index in [1.807, 2.05) is 37.3 Å². The molecule has 0 saturated carbocycles. The highest BCUT2D eigenvalue weighted by molar-refractivity contribution is 7.47. The average Bonchev–Trinajstić information content (AvgIpc) is 2.31. The first kappa shape index (κ1) is 13.7. The minimum Gasteiger partial charge on any atom is -0.343 e. The van der Waals surface area contributed by atoms with E-state index in [-0.39, 0.29) is 0 Å². The molecule has 1 N–H and O–H groups in total. The number of rotatable bonds is 1. The summed E-state index contributed by atoms with van der Waals surface area (Å²) in [5.41, 5.74) is 2.20. The summed E-state index contributed by atoms with van der Waals surface area (Å²) in [6.07, 6.45) is 0. The predicted octanol–water partition coefficient (Wildman–Crippen LogP) is 3.08. The summed E-state index contributed by atoms with van der Waals surface area (Å²) < 4.78 is 10.6. The van der Waals surface area contributed by atoms with Crippen LogP contribution in [0, 0.1) is 13.8 Å². The SMILES string of the molecule is Cc1ccccc1.Cc1ccccc1[PH](=O)O. The van der Waals surface area contributed by atoms with Crippen LogP contribution in [0.15, 0.2) is 54.6 Å². The zero-order valence-corrected chi connectivity index (χ0v) is 11.1. The van der Waals surface area contributed by atoms with Crippen molar-refractivity contribution in [1.29, 1.82) is 0 Å². The van der Waals surface area contributed by atoms with Gasteiger partial charge in [-0.2, -0.15) is 0 Å². The van der Waals surface area contributed by atoms with Gasteiger partial charge in [0.2, 0.25) is 8.03 Å². The molecule has 0 aliphatic heterocycles. The Kier molecular flexibility index (Phi) is 5.68. The second-order valence-electron chi connectivity index (χ2n) is 3.77. The summed E-state index contributed by atoms with van der Waals surface area (Å²) in [5, 5.41) is 0.563. The molecule has 2 nitrogen and oxygen atoms in total. The van der Waals surface area contributed by atoms with E-state index in [0.717, 1.165) is 5.56 Å². The Hall–Kier alpha value is -1.37. The molecule has 0 saturated heterocycles. The molecule has 17 heavy (non-hydrogen) atoms. The second-order valence-corrected chi connectivity index (χ2v) is 4.92. The molecular formula is C14H17O2P. The van der Waals surface area contributed by atoms with E-state index in [1.165, 1.54) is 5.56 Å². The van der Waals surface area contributed by atoms with Gasteiger partial charge >= 0.3 is 0 Å². The van der Waals surface area contributed by atoms with E-state index in [4.69, 9.17) is 4.89 Å². The standard InChI is InChI=1S/C7H9O2P.C7H8/c1-6-4-2-3-5-7(6)10(8)9;1-7-5-3-2-4-6-7/h2-5,10H,1H3,(H,8,9);2-6H,1H3. The van der Waals surface area contributed by atoms with Gasteiger partial charge in [0.15, 0.2) is 0 Å². The molecule has 0 spiro atoms. The van der Waals surface area contributed by atoms with Gasteiger partial charge in [-0.25, -0.2) is 0 Å². The van der Waals surface area contributed by atoms with Gasteiger partial charge in [0.1, 0.15) is 0 Å². The third-order valence-corrected chi connectivity index (χ3v) is 3.34. The topological polar surface area (TPSA) is 37.3 Å². The molecule has 90 valence electrons. The second kappa shape index (κ2) is 7.05. The lowest BCUT2D eigenvalue weighted by atomic mass is 10.2. The molecule has 0 aliphatic carbocycles. The molecule has 0 aliphatic rings. The Balaban J connectivity index is 0.000000181. The normalized spacial score (nSPS) is 11.2. The van der Waals surface area contributed by atoms with Crippen LogP contribution in [0.3, 0.4) is 0 Å². The molecule has 2 rings (SSSR count). The Labute approximate surface area is 103 Å². The molecule has 3 heteroatoms. The van der Waals surface area contributed by atoms with Gasteiger partial charge < -0.3 is 4.89 Å². The van der Waals surface area contributed by atoms with Crippen molar-refractivity contribution >= 4 is 13.3 Å². The van der Waals surface area contributed by atoms with E-state index in [0.29, 0.717) is 5.30 Å². The summed E-state index contributed by atoms with van der Waals surface area (Å²) >= 11 is 0. The fourth-order valence-electron chi connectivity index (χ4n) is 1.35. The minimum absolute atomic E-state index is 0.563. The first-order valence-corrected chi connectivity index (χ1v) is 6.77. The Morgan fingerprint density at radius 3 is 1.76 bits per heavy atom. The molecule has 0 fully saturated rings. The minimum atomic E-state index is -2.49.